The van der Waals surface area contributed by atoms with Gasteiger partial charge in [0.25, 0.3) is 0 Å². The Morgan fingerprint density at radius 1 is 0.944 bits per heavy atom. The average Bonchev–Trinajstić information content (AvgIpc) is 2.21. The molecule has 1 atom stereocenters. The van der Waals surface area contributed by atoms with Crippen LogP contribution in [0, 0.1) is 5.92 Å². The molecular weight excluding hydrogens is 256 g/mol. The molecule has 0 aliphatic heterocycles. The minimum Gasteiger partial charge on any atom is -0.396 e. The van der Waals surface area contributed by atoms with Crippen LogP contribution in [0.15, 0.2) is 0 Å². The summed E-state index contributed by atoms with van der Waals surface area (Å²) >= 11 is 0. The van der Waals surface area contributed by atoms with E-state index in [0.29, 0.717) is 6.61 Å². The lowest BCUT2D eigenvalue weighted by Crippen LogP contribution is -1.93. The van der Waals surface area contributed by atoms with Crippen molar-refractivity contribution >= 4 is 10.4 Å². The van der Waals surface area contributed by atoms with E-state index in [2.05, 4.69) is 13.8 Å². The second-order valence-corrected chi connectivity index (χ2v) is 5.52. The molecule has 112 valence electrons. The minimum atomic E-state index is -4.67. The number of hydrogen-bond acceptors (Lipinski definition) is 3. The molecule has 0 saturated carbocycles. The van der Waals surface area contributed by atoms with Gasteiger partial charge in [0, 0.05) is 6.61 Å². The maximum atomic E-state index is 8.74. The summed E-state index contributed by atoms with van der Waals surface area (Å²) in [5, 5.41) is 8.58. The lowest BCUT2D eigenvalue weighted by Gasteiger charge is -2.08. The summed E-state index contributed by atoms with van der Waals surface area (Å²) in [6.07, 6.45) is 10.3. The van der Waals surface area contributed by atoms with E-state index in [0.717, 1.165) is 12.3 Å². The zero-order chi connectivity index (χ0) is 14.4. The predicted molar refractivity (Wildman–Crippen MR) is 73.0 cm³/mol. The molecule has 0 spiro atoms. The molecule has 0 bridgehead atoms. The van der Waals surface area contributed by atoms with E-state index in [1.807, 2.05) is 0 Å². The van der Waals surface area contributed by atoms with Crippen molar-refractivity contribution in [1.29, 1.82) is 0 Å². The Kier molecular flexibility index (Phi) is 14.9. The van der Waals surface area contributed by atoms with Crippen molar-refractivity contribution in [3.05, 3.63) is 0 Å². The number of unbranched alkanes of at least 4 members (excludes halogenated alkanes) is 4. The highest BCUT2D eigenvalue weighted by atomic mass is 32.3. The van der Waals surface area contributed by atoms with Crippen LogP contribution in [0.3, 0.4) is 0 Å². The van der Waals surface area contributed by atoms with Gasteiger partial charge in [0.15, 0.2) is 0 Å². The topological polar surface area (TPSA) is 94.8 Å². The number of hydrogen-bond donors (Lipinski definition) is 3. The number of rotatable bonds is 9. The molecule has 0 fully saturated rings. The molecule has 18 heavy (non-hydrogen) atoms. The molecule has 0 aliphatic carbocycles. The Morgan fingerprint density at radius 2 is 1.39 bits per heavy atom. The lowest BCUT2D eigenvalue weighted by atomic mass is 9.98. The Labute approximate surface area is 111 Å². The normalized spacial score (nSPS) is 12.7. The predicted octanol–water partition coefficient (Wildman–Crippen LogP) is 3.10. The maximum absolute atomic E-state index is 8.74. The van der Waals surface area contributed by atoms with Crippen LogP contribution in [0.4, 0.5) is 0 Å². The first kappa shape index (κ1) is 20.2. The zero-order valence-electron chi connectivity index (χ0n) is 11.5. The molecule has 0 aliphatic rings. The first-order chi connectivity index (χ1) is 8.31. The van der Waals surface area contributed by atoms with E-state index in [-0.39, 0.29) is 0 Å². The third-order valence-corrected chi connectivity index (χ3v) is 2.64. The second-order valence-electron chi connectivity index (χ2n) is 4.62. The van der Waals surface area contributed by atoms with Crippen LogP contribution in [0.2, 0.25) is 0 Å². The molecule has 0 saturated heterocycles. The van der Waals surface area contributed by atoms with Crippen molar-refractivity contribution in [2.75, 3.05) is 6.61 Å². The fourth-order valence-electron chi connectivity index (χ4n) is 1.77. The molecular formula is C12H28O5S. The summed E-state index contributed by atoms with van der Waals surface area (Å²) in [7, 11) is -4.67. The van der Waals surface area contributed by atoms with Crippen molar-refractivity contribution < 1.29 is 22.6 Å². The van der Waals surface area contributed by atoms with E-state index in [4.69, 9.17) is 22.6 Å². The van der Waals surface area contributed by atoms with Crippen molar-refractivity contribution in [2.45, 2.75) is 65.2 Å². The largest absolute Gasteiger partial charge is 0.396 e. The number of aliphatic hydroxyl groups is 1. The Bertz CT molecular complexity index is 243. The van der Waals surface area contributed by atoms with Gasteiger partial charge in [0.05, 0.1) is 0 Å². The molecule has 0 radical (unpaired) electrons. The Morgan fingerprint density at radius 3 is 1.83 bits per heavy atom. The molecule has 3 N–H and O–H groups in total. The van der Waals surface area contributed by atoms with Gasteiger partial charge in [-0.15, -0.1) is 0 Å². The molecule has 5 nitrogen and oxygen atoms in total. The van der Waals surface area contributed by atoms with Crippen LogP contribution in [-0.4, -0.2) is 29.2 Å². The van der Waals surface area contributed by atoms with Crippen LogP contribution in [-0.2, 0) is 10.4 Å². The van der Waals surface area contributed by atoms with E-state index in [1.54, 1.807) is 0 Å². The molecule has 6 heteroatoms. The Hall–Kier alpha value is -0.170. The molecule has 0 heterocycles. The van der Waals surface area contributed by atoms with Crippen molar-refractivity contribution in [3.63, 3.8) is 0 Å². The van der Waals surface area contributed by atoms with Gasteiger partial charge in [-0.1, -0.05) is 58.8 Å². The van der Waals surface area contributed by atoms with Gasteiger partial charge in [-0.25, -0.2) is 0 Å². The average molecular weight is 284 g/mol. The zero-order valence-corrected chi connectivity index (χ0v) is 12.3. The third kappa shape index (κ3) is 29.7. The van der Waals surface area contributed by atoms with Crippen molar-refractivity contribution in [2.24, 2.45) is 5.92 Å². The molecule has 0 amide bonds. The van der Waals surface area contributed by atoms with Gasteiger partial charge in [-0.3, -0.25) is 9.11 Å². The van der Waals surface area contributed by atoms with Gasteiger partial charge in [-0.2, -0.15) is 8.42 Å². The van der Waals surface area contributed by atoms with E-state index in [9.17, 15) is 0 Å². The Balaban J connectivity index is 0. The van der Waals surface area contributed by atoms with Gasteiger partial charge in [0.1, 0.15) is 0 Å². The van der Waals surface area contributed by atoms with Gasteiger partial charge >= 0.3 is 10.4 Å². The lowest BCUT2D eigenvalue weighted by molar-refractivity contribution is 0.282. The smallest absolute Gasteiger partial charge is 0.394 e. The van der Waals surface area contributed by atoms with Crippen molar-refractivity contribution in [1.82, 2.24) is 0 Å². The second kappa shape index (κ2) is 13.3. The van der Waals surface area contributed by atoms with E-state index >= 15 is 0 Å². The monoisotopic (exact) mass is 284 g/mol. The highest BCUT2D eigenvalue weighted by molar-refractivity contribution is 7.79. The molecule has 0 aromatic heterocycles. The maximum Gasteiger partial charge on any atom is 0.394 e. The molecule has 1 unspecified atom stereocenters. The van der Waals surface area contributed by atoms with Gasteiger partial charge in [-0.05, 0) is 12.3 Å². The first-order valence-electron chi connectivity index (χ1n) is 6.62. The molecule has 0 aromatic rings. The van der Waals surface area contributed by atoms with Crippen LogP contribution in [0.25, 0.3) is 0 Å². The summed E-state index contributed by atoms with van der Waals surface area (Å²) in [6.45, 7) is 4.99. The summed E-state index contributed by atoms with van der Waals surface area (Å²) in [4.78, 5) is 0. The third-order valence-electron chi connectivity index (χ3n) is 2.64. The van der Waals surface area contributed by atoms with Crippen LogP contribution >= 0.6 is 0 Å². The first-order valence-corrected chi connectivity index (χ1v) is 8.01. The van der Waals surface area contributed by atoms with E-state index in [1.165, 1.54) is 44.9 Å². The highest BCUT2D eigenvalue weighted by Gasteiger charge is 1.99. The summed E-state index contributed by atoms with van der Waals surface area (Å²) < 4.78 is 31.6. The molecule has 0 aromatic carbocycles. The SMILES string of the molecule is CCCC(C)CCCCCCCO.O=S(=O)(O)O. The molecule has 0 rings (SSSR count). The fraction of sp³-hybridized carbons (Fsp3) is 1.00. The van der Waals surface area contributed by atoms with E-state index < -0.39 is 10.4 Å². The van der Waals surface area contributed by atoms with Crippen LogP contribution in [0.1, 0.15) is 65.2 Å². The minimum absolute atomic E-state index is 0.367. The van der Waals surface area contributed by atoms with Crippen LogP contribution < -0.4 is 0 Å². The fourth-order valence-corrected chi connectivity index (χ4v) is 1.77. The summed E-state index contributed by atoms with van der Waals surface area (Å²) in [5.74, 6) is 0.919. The van der Waals surface area contributed by atoms with Crippen molar-refractivity contribution in [3.8, 4) is 0 Å². The standard InChI is InChI=1S/C12H26O.H2O4S/c1-3-9-12(2)10-7-5-4-6-8-11-13;1-5(2,3)4/h12-13H,3-11H2,1-2H3;(H2,1,2,3,4). The van der Waals surface area contributed by atoms with Crippen LogP contribution in [0.5, 0.6) is 0 Å². The van der Waals surface area contributed by atoms with Gasteiger partial charge in [0.2, 0.25) is 0 Å². The van der Waals surface area contributed by atoms with Gasteiger partial charge < -0.3 is 5.11 Å². The quantitative estimate of drug-likeness (QED) is 0.446. The highest BCUT2D eigenvalue weighted by Crippen LogP contribution is 2.15. The summed E-state index contributed by atoms with van der Waals surface area (Å²) in [5.41, 5.74) is 0. The number of aliphatic hydroxyl groups excluding tert-OH is 1. The summed E-state index contributed by atoms with van der Waals surface area (Å²) in [6, 6.07) is 0.